The van der Waals surface area contributed by atoms with Crippen LogP contribution in [-0.2, 0) is 18.4 Å². The molecule has 2 aromatic rings. The fourth-order valence-electron chi connectivity index (χ4n) is 3.26. The van der Waals surface area contributed by atoms with Crippen LogP contribution in [0.1, 0.15) is 30.1 Å². The second-order valence-corrected chi connectivity index (χ2v) is 6.52. The van der Waals surface area contributed by atoms with Crippen LogP contribution in [0, 0.1) is 0 Å². The number of likely N-dealkylation sites (tertiary alicyclic amines) is 1. The van der Waals surface area contributed by atoms with Gasteiger partial charge in [0.25, 0.3) is 0 Å². The molecule has 0 bridgehead atoms. The standard InChI is InChI=1S/C18H22ClN3O/c1-21-9-3-7-16(21)17-8-4-10-22(17)13-18(23)20-12-14-5-2-6-15(19)11-14/h2-3,5-7,9,11,17H,4,8,10,12-13H2,1H3,(H,20,23)/t17-/m1/s1. The van der Waals surface area contributed by atoms with Crippen LogP contribution in [0.5, 0.6) is 0 Å². The summed E-state index contributed by atoms with van der Waals surface area (Å²) in [6.07, 6.45) is 4.31. The summed E-state index contributed by atoms with van der Waals surface area (Å²) in [5.41, 5.74) is 2.30. The number of nitrogens with zero attached hydrogens (tertiary/aromatic N) is 2. The van der Waals surface area contributed by atoms with Crippen LogP contribution in [0.2, 0.25) is 5.02 Å². The molecule has 4 nitrogen and oxygen atoms in total. The van der Waals surface area contributed by atoms with E-state index in [1.807, 2.05) is 24.3 Å². The zero-order valence-electron chi connectivity index (χ0n) is 13.3. The lowest BCUT2D eigenvalue weighted by molar-refractivity contribution is -0.122. The number of halogens is 1. The van der Waals surface area contributed by atoms with Gasteiger partial charge in [-0.1, -0.05) is 23.7 Å². The van der Waals surface area contributed by atoms with E-state index < -0.39 is 0 Å². The molecule has 3 rings (SSSR count). The van der Waals surface area contributed by atoms with Crippen molar-refractivity contribution in [2.45, 2.75) is 25.4 Å². The van der Waals surface area contributed by atoms with E-state index in [9.17, 15) is 4.79 Å². The second kappa shape index (κ2) is 7.20. The Hall–Kier alpha value is -1.78. The Balaban J connectivity index is 1.56. The van der Waals surface area contributed by atoms with Gasteiger partial charge in [0, 0.05) is 30.5 Å². The molecule has 0 radical (unpaired) electrons. The van der Waals surface area contributed by atoms with Crippen LogP contribution in [-0.4, -0.2) is 28.5 Å². The summed E-state index contributed by atoms with van der Waals surface area (Å²) < 4.78 is 2.15. The van der Waals surface area contributed by atoms with Crippen molar-refractivity contribution >= 4 is 17.5 Å². The fourth-order valence-corrected chi connectivity index (χ4v) is 3.47. The summed E-state index contributed by atoms with van der Waals surface area (Å²) in [7, 11) is 2.06. The molecule has 1 N–H and O–H groups in total. The number of benzene rings is 1. The van der Waals surface area contributed by atoms with Gasteiger partial charge in [-0.15, -0.1) is 0 Å². The normalized spacial score (nSPS) is 18.3. The molecule has 2 heterocycles. The molecular weight excluding hydrogens is 310 g/mol. The molecule has 1 atom stereocenters. The van der Waals surface area contributed by atoms with Crippen LogP contribution in [0.3, 0.4) is 0 Å². The van der Waals surface area contributed by atoms with Crippen molar-refractivity contribution in [2.75, 3.05) is 13.1 Å². The van der Waals surface area contributed by atoms with Crippen molar-refractivity contribution < 1.29 is 4.79 Å². The van der Waals surface area contributed by atoms with Crippen molar-refractivity contribution in [3.63, 3.8) is 0 Å². The van der Waals surface area contributed by atoms with Gasteiger partial charge < -0.3 is 9.88 Å². The molecule has 1 aromatic heterocycles. The van der Waals surface area contributed by atoms with Crippen molar-refractivity contribution in [1.29, 1.82) is 0 Å². The first-order valence-electron chi connectivity index (χ1n) is 8.00. The number of aromatic nitrogens is 1. The number of aryl methyl sites for hydroxylation is 1. The Kier molecular flexibility index (Phi) is 5.03. The SMILES string of the molecule is Cn1cccc1[C@H]1CCCN1CC(=O)NCc1cccc(Cl)c1. The first-order valence-corrected chi connectivity index (χ1v) is 8.38. The zero-order chi connectivity index (χ0) is 16.2. The van der Waals surface area contributed by atoms with Gasteiger partial charge in [0.1, 0.15) is 0 Å². The maximum absolute atomic E-state index is 12.3. The predicted molar refractivity (Wildman–Crippen MR) is 92.3 cm³/mol. The molecule has 0 aliphatic carbocycles. The van der Waals surface area contributed by atoms with Gasteiger partial charge in [-0.05, 0) is 49.2 Å². The molecule has 1 aliphatic heterocycles. The van der Waals surface area contributed by atoms with Crippen molar-refractivity contribution in [2.24, 2.45) is 7.05 Å². The third-order valence-corrected chi connectivity index (χ3v) is 4.65. The molecule has 1 amide bonds. The average molecular weight is 332 g/mol. The minimum absolute atomic E-state index is 0.0612. The van der Waals surface area contributed by atoms with Gasteiger partial charge >= 0.3 is 0 Å². The fraction of sp³-hybridized carbons (Fsp3) is 0.389. The van der Waals surface area contributed by atoms with E-state index in [1.165, 1.54) is 5.69 Å². The highest BCUT2D eigenvalue weighted by Gasteiger charge is 2.28. The lowest BCUT2D eigenvalue weighted by Gasteiger charge is -2.24. The highest BCUT2D eigenvalue weighted by Crippen LogP contribution is 2.31. The van der Waals surface area contributed by atoms with Crippen LogP contribution in [0.4, 0.5) is 0 Å². The number of nitrogens with one attached hydrogen (secondary N) is 1. The van der Waals surface area contributed by atoms with Gasteiger partial charge in [0.15, 0.2) is 0 Å². The number of carbonyl (C=O) groups is 1. The minimum Gasteiger partial charge on any atom is -0.353 e. The average Bonchev–Trinajstić information content (AvgIpc) is 3.14. The maximum Gasteiger partial charge on any atom is 0.234 e. The highest BCUT2D eigenvalue weighted by molar-refractivity contribution is 6.30. The highest BCUT2D eigenvalue weighted by atomic mass is 35.5. The van der Waals surface area contributed by atoms with E-state index in [4.69, 9.17) is 11.6 Å². The molecule has 1 saturated heterocycles. The molecule has 0 unspecified atom stereocenters. The van der Waals surface area contributed by atoms with Gasteiger partial charge in [-0.25, -0.2) is 0 Å². The van der Waals surface area contributed by atoms with E-state index in [0.717, 1.165) is 24.9 Å². The summed E-state index contributed by atoms with van der Waals surface area (Å²) in [4.78, 5) is 14.5. The van der Waals surface area contributed by atoms with Gasteiger partial charge in [0.2, 0.25) is 5.91 Å². The Bertz CT molecular complexity index is 682. The quantitative estimate of drug-likeness (QED) is 0.914. The van der Waals surface area contributed by atoms with E-state index in [1.54, 1.807) is 0 Å². The Labute approximate surface area is 142 Å². The molecule has 0 spiro atoms. The van der Waals surface area contributed by atoms with E-state index in [2.05, 4.69) is 40.2 Å². The number of carbonyl (C=O) groups excluding carboxylic acids is 1. The van der Waals surface area contributed by atoms with Gasteiger partial charge in [0.05, 0.1) is 12.6 Å². The molecule has 5 heteroatoms. The second-order valence-electron chi connectivity index (χ2n) is 6.08. The van der Waals surface area contributed by atoms with Crippen LogP contribution < -0.4 is 5.32 Å². The summed E-state index contributed by atoms with van der Waals surface area (Å²) >= 11 is 5.97. The Morgan fingerprint density at radius 2 is 2.22 bits per heavy atom. The first-order chi connectivity index (χ1) is 11.1. The van der Waals surface area contributed by atoms with E-state index >= 15 is 0 Å². The number of rotatable bonds is 5. The summed E-state index contributed by atoms with van der Waals surface area (Å²) in [6.45, 7) is 1.93. The summed E-state index contributed by atoms with van der Waals surface area (Å²) in [6, 6.07) is 12.1. The largest absolute Gasteiger partial charge is 0.353 e. The van der Waals surface area contributed by atoms with Crippen molar-refractivity contribution in [3.8, 4) is 0 Å². The molecule has 23 heavy (non-hydrogen) atoms. The molecule has 122 valence electrons. The lowest BCUT2D eigenvalue weighted by atomic mass is 10.1. The number of hydrogen-bond donors (Lipinski definition) is 1. The Morgan fingerprint density at radius 3 is 2.96 bits per heavy atom. The monoisotopic (exact) mass is 331 g/mol. The van der Waals surface area contributed by atoms with E-state index in [0.29, 0.717) is 24.2 Å². The number of hydrogen-bond acceptors (Lipinski definition) is 2. The number of amides is 1. The lowest BCUT2D eigenvalue weighted by Crippen LogP contribution is -2.37. The predicted octanol–water partition coefficient (Wildman–Crippen LogP) is 3.13. The van der Waals surface area contributed by atoms with E-state index in [-0.39, 0.29) is 5.91 Å². The summed E-state index contributed by atoms with van der Waals surface area (Å²) in [5.74, 6) is 0.0612. The van der Waals surface area contributed by atoms with Crippen molar-refractivity contribution in [3.05, 3.63) is 58.9 Å². The van der Waals surface area contributed by atoms with Crippen LogP contribution >= 0.6 is 11.6 Å². The molecular formula is C18H22ClN3O. The van der Waals surface area contributed by atoms with Gasteiger partial charge in [-0.3, -0.25) is 9.69 Å². The third kappa shape index (κ3) is 3.95. The van der Waals surface area contributed by atoms with Crippen LogP contribution in [0.25, 0.3) is 0 Å². The molecule has 1 aromatic carbocycles. The van der Waals surface area contributed by atoms with Crippen LogP contribution in [0.15, 0.2) is 42.6 Å². The molecule has 0 saturated carbocycles. The summed E-state index contributed by atoms with van der Waals surface area (Å²) in [5, 5.41) is 3.68. The Morgan fingerprint density at radius 1 is 1.35 bits per heavy atom. The topological polar surface area (TPSA) is 37.3 Å². The first kappa shape index (κ1) is 16.1. The zero-order valence-corrected chi connectivity index (χ0v) is 14.1. The third-order valence-electron chi connectivity index (χ3n) is 4.41. The molecule has 1 fully saturated rings. The van der Waals surface area contributed by atoms with Gasteiger partial charge in [-0.2, -0.15) is 0 Å². The molecule has 1 aliphatic rings. The maximum atomic E-state index is 12.3. The smallest absolute Gasteiger partial charge is 0.234 e. The van der Waals surface area contributed by atoms with Crippen molar-refractivity contribution in [1.82, 2.24) is 14.8 Å². The minimum atomic E-state index is 0.0612.